The molecule has 11 rings (SSSR count). The standard InChI is InChI=1S/C52H40N2O2/c1-51(2)43-24-12-10-22-39(43)41-32-49-52(3,33-44(41)51)56-50-47(26-15-27-48(50)55-49)53(37-21-14-18-35(30-37)34-16-6-4-7-17-34)38-28-29-46-42(31-38)40-23-11-13-25-45(40)54(46)36-19-8-5-9-20-36/h4-32H,33H2,1-3H3. The maximum Gasteiger partial charge on any atom is 0.187 e. The molecule has 0 saturated heterocycles. The third kappa shape index (κ3) is 4.85. The van der Waals surface area contributed by atoms with Crippen LogP contribution in [-0.4, -0.2) is 10.2 Å². The summed E-state index contributed by atoms with van der Waals surface area (Å²) in [5.74, 6) is 2.30. The predicted molar refractivity (Wildman–Crippen MR) is 230 cm³/mol. The van der Waals surface area contributed by atoms with Crippen molar-refractivity contribution >= 4 is 44.4 Å². The molecule has 2 heterocycles. The average Bonchev–Trinajstić information content (AvgIpc) is 3.67. The summed E-state index contributed by atoms with van der Waals surface area (Å²) in [6.07, 6.45) is 2.97. The number of anilines is 3. The Hall–Kier alpha value is -6.78. The van der Waals surface area contributed by atoms with E-state index in [-0.39, 0.29) is 5.41 Å². The van der Waals surface area contributed by atoms with Crippen molar-refractivity contribution in [1.29, 1.82) is 0 Å². The monoisotopic (exact) mass is 724 g/mol. The molecule has 0 spiro atoms. The van der Waals surface area contributed by atoms with Gasteiger partial charge in [0.05, 0.1) is 16.7 Å². The molecule has 0 radical (unpaired) electrons. The average molecular weight is 725 g/mol. The Bertz CT molecular complexity index is 2940. The quantitative estimate of drug-likeness (QED) is 0.177. The summed E-state index contributed by atoms with van der Waals surface area (Å²) in [6, 6.07) is 60.6. The third-order valence-corrected chi connectivity index (χ3v) is 12.2. The van der Waals surface area contributed by atoms with Gasteiger partial charge in [-0.2, -0.15) is 0 Å². The van der Waals surface area contributed by atoms with Gasteiger partial charge in [-0.15, -0.1) is 0 Å². The molecule has 4 nitrogen and oxygen atoms in total. The number of allylic oxidation sites excluding steroid dienone is 2. The molecule has 0 N–H and O–H groups in total. The van der Waals surface area contributed by atoms with E-state index in [0.29, 0.717) is 5.75 Å². The lowest BCUT2D eigenvalue weighted by Gasteiger charge is -2.43. The highest BCUT2D eigenvalue weighted by Gasteiger charge is 2.49. The van der Waals surface area contributed by atoms with Gasteiger partial charge in [-0.05, 0) is 107 Å². The number of para-hydroxylation sites is 3. The molecule has 56 heavy (non-hydrogen) atoms. The molecule has 7 aromatic carbocycles. The number of rotatable bonds is 5. The first-order chi connectivity index (χ1) is 27.4. The van der Waals surface area contributed by atoms with Crippen molar-refractivity contribution in [2.24, 2.45) is 0 Å². The Morgan fingerprint density at radius 1 is 0.589 bits per heavy atom. The summed E-state index contributed by atoms with van der Waals surface area (Å²) in [5.41, 5.74) is 13.3. The number of benzene rings is 7. The second-order valence-electron chi connectivity index (χ2n) is 15.9. The molecule has 0 saturated carbocycles. The van der Waals surface area contributed by atoms with Gasteiger partial charge in [-0.25, -0.2) is 0 Å². The molecule has 8 aromatic rings. The van der Waals surface area contributed by atoms with Crippen molar-refractivity contribution in [2.45, 2.75) is 38.2 Å². The first-order valence-electron chi connectivity index (χ1n) is 19.5. The van der Waals surface area contributed by atoms with E-state index in [4.69, 9.17) is 9.47 Å². The SMILES string of the molecule is CC12CC3=C(C=C1Oc1cccc(N(c4cccc(-c5ccccc5)c4)c4ccc5c(c4)c4ccccc4n5-c4ccccc4)c1O2)c1ccccc1C3(C)C. The molecule has 1 unspecified atom stereocenters. The Kier molecular flexibility index (Phi) is 7.06. The van der Waals surface area contributed by atoms with Gasteiger partial charge in [0.25, 0.3) is 0 Å². The van der Waals surface area contributed by atoms with Gasteiger partial charge in [0, 0.05) is 39.7 Å². The fraction of sp³-hybridized carbons (Fsp3) is 0.115. The van der Waals surface area contributed by atoms with Crippen LogP contribution < -0.4 is 14.4 Å². The number of hydrogen-bond acceptors (Lipinski definition) is 3. The first-order valence-corrected chi connectivity index (χ1v) is 19.5. The lowest BCUT2D eigenvalue weighted by atomic mass is 9.74. The Morgan fingerprint density at radius 2 is 1.29 bits per heavy atom. The molecule has 1 atom stereocenters. The lowest BCUT2D eigenvalue weighted by Crippen LogP contribution is -2.43. The van der Waals surface area contributed by atoms with Gasteiger partial charge in [-0.1, -0.05) is 123 Å². The fourth-order valence-corrected chi connectivity index (χ4v) is 9.38. The van der Waals surface area contributed by atoms with Crippen LogP contribution in [0.5, 0.6) is 11.5 Å². The Labute approximate surface area is 327 Å². The highest BCUT2D eigenvalue weighted by atomic mass is 16.6. The topological polar surface area (TPSA) is 26.6 Å². The number of ether oxygens (including phenoxy) is 2. The van der Waals surface area contributed by atoms with Crippen molar-refractivity contribution in [2.75, 3.05) is 4.90 Å². The van der Waals surface area contributed by atoms with E-state index in [2.05, 4.69) is 200 Å². The van der Waals surface area contributed by atoms with Gasteiger partial charge in [-0.3, -0.25) is 0 Å². The Morgan fingerprint density at radius 3 is 2.14 bits per heavy atom. The summed E-state index contributed by atoms with van der Waals surface area (Å²) in [4.78, 5) is 2.34. The number of aromatic nitrogens is 1. The van der Waals surface area contributed by atoms with E-state index in [1.54, 1.807) is 0 Å². The number of hydrogen-bond donors (Lipinski definition) is 0. The van der Waals surface area contributed by atoms with Gasteiger partial charge in [0.2, 0.25) is 0 Å². The molecule has 2 aliphatic carbocycles. The lowest BCUT2D eigenvalue weighted by molar-refractivity contribution is 0.0546. The van der Waals surface area contributed by atoms with Crippen LogP contribution in [0.3, 0.4) is 0 Å². The molecule has 0 amide bonds. The molecule has 270 valence electrons. The van der Waals surface area contributed by atoms with E-state index in [0.717, 1.165) is 51.8 Å². The van der Waals surface area contributed by atoms with Gasteiger partial charge >= 0.3 is 0 Å². The van der Waals surface area contributed by atoms with E-state index in [9.17, 15) is 0 Å². The summed E-state index contributed by atoms with van der Waals surface area (Å²) in [5, 5.41) is 2.38. The first kappa shape index (κ1) is 32.6. The summed E-state index contributed by atoms with van der Waals surface area (Å²) < 4.78 is 16.6. The Balaban J connectivity index is 1.10. The second-order valence-corrected chi connectivity index (χ2v) is 15.9. The van der Waals surface area contributed by atoms with Crippen LogP contribution in [0.2, 0.25) is 0 Å². The zero-order valence-corrected chi connectivity index (χ0v) is 31.7. The molecular weight excluding hydrogens is 685 g/mol. The highest BCUT2D eigenvalue weighted by molar-refractivity contribution is 6.10. The highest BCUT2D eigenvalue weighted by Crippen LogP contribution is 2.58. The predicted octanol–water partition coefficient (Wildman–Crippen LogP) is 13.5. The molecule has 4 heteroatoms. The van der Waals surface area contributed by atoms with Crippen LogP contribution in [0, 0.1) is 0 Å². The molecule has 1 aliphatic heterocycles. The van der Waals surface area contributed by atoms with Crippen molar-refractivity contribution in [3.63, 3.8) is 0 Å². The maximum atomic E-state index is 7.34. The molecule has 1 aromatic heterocycles. The maximum absolute atomic E-state index is 7.34. The fourth-order valence-electron chi connectivity index (χ4n) is 9.38. The number of nitrogens with zero attached hydrogens (tertiary/aromatic N) is 2. The van der Waals surface area contributed by atoms with Crippen LogP contribution in [-0.2, 0) is 5.41 Å². The molecule has 0 fully saturated rings. The van der Waals surface area contributed by atoms with Crippen LogP contribution in [0.4, 0.5) is 17.1 Å². The van der Waals surface area contributed by atoms with E-state index < -0.39 is 5.60 Å². The van der Waals surface area contributed by atoms with Crippen LogP contribution in [0.15, 0.2) is 187 Å². The minimum atomic E-state index is -0.689. The number of fused-ring (bicyclic) bond motifs is 7. The van der Waals surface area contributed by atoms with E-state index in [1.807, 2.05) is 6.07 Å². The van der Waals surface area contributed by atoms with E-state index >= 15 is 0 Å². The third-order valence-electron chi connectivity index (χ3n) is 12.2. The molecule has 3 aliphatic rings. The van der Waals surface area contributed by atoms with Gasteiger partial charge < -0.3 is 18.9 Å². The molecule has 0 bridgehead atoms. The van der Waals surface area contributed by atoms with Crippen molar-refractivity contribution in [1.82, 2.24) is 4.57 Å². The van der Waals surface area contributed by atoms with Crippen molar-refractivity contribution in [3.8, 4) is 28.3 Å². The minimum Gasteiger partial charge on any atom is -0.473 e. The van der Waals surface area contributed by atoms with Crippen LogP contribution in [0.1, 0.15) is 38.3 Å². The summed E-state index contributed by atoms with van der Waals surface area (Å²) in [7, 11) is 0. The largest absolute Gasteiger partial charge is 0.473 e. The van der Waals surface area contributed by atoms with Crippen molar-refractivity contribution < 1.29 is 9.47 Å². The smallest absolute Gasteiger partial charge is 0.187 e. The van der Waals surface area contributed by atoms with Gasteiger partial charge in [0.15, 0.2) is 17.1 Å². The van der Waals surface area contributed by atoms with Crippen LogP contribution in [0.25, 0.3) is 44.2 Å². The zero-order chi connectivity index (χ0) is 37.6. The summed E-state index contributed by atoms with van der Waals surface area (Å²) in [6.45, 7) is 6.86. The zero-order valence-electron chi connectivity index (χ0n) is 31.7. The van der Waals surface area contributed by atoms with Crippen LogP contribution >= 0.6 is 0 Å². The van der Waals surface area contributed by atoms with Crippen molar-refractivity contribution in [3.05, 3.63) is 198 Å². The minimum absolute atomic E-state index is 0.113. The van der Waals surface area contributed by atoms with Gasteiger partial charge in [0.1, 0.15) is 5.76 Å². The molecular formula is C52H40N2O2. The summed E-state index contributed by atoms with van der Waals surface area (Å²) >= 11 is 0. The van der Waals surface area contributed by atoms with E-state index in [1.165, 1.54) is 44.1 Å². The normalized spacial score (nSPS) is 17.7. The second kappa shape index (κ2) is 12.1.